The minimum absolute atomic E-state index is 0.103. The largest absolute Gasteiger partial charge is 0.507 e. The van der Waals surface area contributed by atoms with Crippen molar-refractivity contribution >= 4 is 17.9 Å². The molecule has 0 aliphatic carbocycles. The molecular formula is C22H35N3O6. The first-order valence-corrected chi connectivity index (χ1v) is 10.4. The number of phenols is 1. The number of hydrogen-bond donors (Lipinski definition) is 4. The molecule has 174 valence electrons. The van der Waals surface area contributed by atoms with Crippen molar-refractivity contribution in [3.8, 4) is 5.75 Å². The number of amides is 3. The minimum atomic E-state index is -1.17. The number of aryl methyl sites for hydroxylation is 1. The number of nitrogens with one attached hydrogen (secondary N) is 2. The number of aliphatic hydroxyl groups is 1. The number of aromatic hydroxyl groups is 1. The van der Waals surface area contributed by atoms with Crippen LogP contribution in [-0.4, -0.2) is 64.9 Å². The van der Waals surface area contributed by atoms with E-state index in [1.54, 1.807) is 45.9 Å². The van der Waals surface area contributed by atoms with Crippen LogP contribution in [0.1, 0.15) is 57.7 Å². The molecule has 0 aliphatic rings. The number of rotatable bonds is 10. The van der Waals surface area contributed by atoms with Crippen LogP contribution in [0, 0.1) is 6.92 Å². The molecule has 9 nitrogen and oxygen atoms in total. The van der Waals surface area contributed by atoms with Crippen molar-refractivity contribution in [2.75, 3.05) is 26.2 Å². The number of phenolic OH excluding ortho intramolecular Hbond substituents is 1. The zero-order valence-corrected chi connectivity index (χ0v) is 19.0. The number of carbonyl (C=O) groups excluding carboxylic acids is 3. The van der Waals surface area contributed by atoms with Crippen LogP contribution in [0.2, 0.25) is 0 Å². The van der Waals surface area contributed by atoms with Crippen LogP contribution in [0.25, 0.3) is 0 Å². The number of ether oxygens (including phenoxy) is 1. The second-order valence-electron chi connectivity index (χ2n) is 8.23. The van der Waals surface area contributed by atoms with Gasteiger partial charge >= 0.3 is 6.09 Å². The first kappa shape index (κ1) is 26.2. The van der Waals surface area contributed by atoms with E-state index in [0.29, 0.717) is 12.1 Å². The van der Waals surface area contributed by atoms with E-state index >= 15 is 0 Å². The molecule has 0 saturated heterocycles. The van der Waals surface area contributed by atoms with E-state index < -0.39 is 42.7 Å². The number of para-hydroxylation sites is 1. The molecular weight excluding hydrogens is 402 g/mol. The van der Waals surface area contributed by atoms with Crippen LogP contribution in [0.5, 0.6) is 5.75 Å². The molecule has 0 bridgehead atoms. The highest BCUT2D eigenvalue weighted by Crippen LogP contribution is 2.31. The molecule has 0 spiro atoms. The van der Waals surface area contributed by atoms with Gasteiger partial charge in [-0.1, -0.05) is 31.5 Å². The van der Waals surface area contributed by atoms with Crippen molar-refractivity contribution in [2.45, 2.75) is 59.1 Å². The molecule has 4 N–H and O–H groups in total. The van der Waals surface area contributed by atoms with Crippen LogP contribution >= 0.6 is 0 Å². The Morgan fingerprint density at radius 1 is 1.19 bits per heavy atom. The molecule has 3 amide bonds. The van der Waals surface area contributed by atoms with Gasteiger partial charge in [0.2, 0.25) is 11.8 Å². The van der Waals surface area contributed by atoms with Gasteiger partial charge in [0.25, 0.3) is 0 Å². The number of hydrogen-bond acceptors (Lipinski definition) is 6. The number of nitrogens with zero attached hydrogens (tertiary/aromatic N) is 1. The lowest BCUT2D eigenvalue weighted by molar-refractivity contribution is -0.140. The Hall–Kier alpha value is -2.81. The molecule has 0 heterocycles. The maximum absolute atomic E-state index is 13.0. The van der Waals surface area contributed by atoms with Crippen molar-refractivity contribution in [2.24, 2.45) is 0 Å². The van der Waals surface area contributed by atoms with E-state index in [1.165, 1.54) is 0 Å². The Kier molecular flexibility index (Phi) is 10.3. The lowest BCUT2D eigenvalue weighted by atomic mass is 10.00. The zero-order chi connectivity index (χ0) is 23.6. The molecule has 31 heavy (non-hydrogen) atoms. The average molecular weight is 438 g/mol. The van der Waals surface area contributed by atoms with E-state index in [2.05, 4.69) is 10.6 Å². The molecule has 0 aromatic heterocycles. The molecule has 0 radical (unpaired) electrons. The van der Waals surface area contributed by atoms with Crippen LogP contribution in [0.3, 0.4) is 0 Å². The van der Waals surface area contributed by atoms with Crippen molar-refractivity contribution in [1.29, 1.82) is 0 Å². The third-order valence-corrected chi connectivity index (χ3v) is 4.40. The van der Waals surface area contributed by atoms with Gasteiger partial charge in [0.15, 0.2) is 0 Å². The van der Waals surface area contributed by atoms with Gasteiger partial charge in [-0.2, -0.15) is 0 Å². The summed E-state index contributed by atoms with van der Waals surface area (Å²) in [6.45, 7) is 8.19. The Balaban J connectivity index is 3.16. The van der Waals surface area contributed by atoms with Gasteiger partial charge in [-0.25, -0.2) is 4.79 Å². The average Bonchev–Trinajstić information content (AvgIpc) is 2.67. The zero-order valence-electron chi connectivity index (χ0n) is 19.0. The van der Waals surface area contributed by atoms with Gasteiger partial charge in [-0.3, -0.25) is 9.59 Å². The number of carbonyl (C=O) groups is 3. The van der Waals surface area contributed by atoms with E-state index in [1.807, 2.05) is 6.92 Å². The third-order valence-electron chi connectivity index (χ3n) is 4.40. The van der Waals surface area contributed by atoms with Gasteiger partial charge in [0.1, 0.15) is 23.9 Å². The third kappa shape index (κ3) is 8.45. The molecule has 1 rings (SSSR count). The van der Waals surface area contributed by atoms with Crippen molar-refractivity contribution in [1.82, 2.24) is 15.5 Å². The SMILES string of the molecule is CCCCNC(=O)C(c1cccc(C)c1O)N(CCO)C(=O)CNC(=O)OC(C)(C)C. The summed E-state index contributed by atoms with van der Waals surface area (Å²) >= 11 is 0. The number of aliphatic hydroxyl groups excluding tert-OH is 1. The smallest absolute Gasteiger partial charge is 0.408 e. The fourth-order valence-electron chi connectivity index (χ4n) is 2.91. The second-order valence-corrected chi connectivity index (χ2v) is 8.23. The van der Waals surface area contributed by atoms with Gasteiger partial charge in [-0.15, -0.1) is 0 Å². The first-order valence-electron chi connectivity index (χ1n) is 10.4. The van der Waals surface area contributed by atoms with Crippen LogP contribution in [0.15, 0.2) is 18.2 Å². The van der Waals surface area contributed by atoms with Crippen LogP contribution in [0.4, 0.5) is 4.79 Å². The van der Waals surface area contributed by atoms with E-state index in [9.17, 15) is 24.6 Å². The highest BCUT2D eigenvalue weighted by molar-refractivity contribution is 5.91. The Labute approximate surface area is 183 Å². The summed E-state index contributed by atoms with van der Waals surface area (Å²) in [5, 5.41) is 25.2. The van der Waals surface area contributed by atoms with Gasteiger partial charge < -0.3 is 30.5 Å². The predicted octanol–water partition coefficient (Wildman–Crippen LogP) is 2.00. The summed E-state index contributed by atoms with van der Waals surface area (Å²) in [6.07, 6.45) is 0.860. The highest BCUT2D eigenvalue weighted by atomic mass is 16.6. The summed E-state index contributed by atoms with van der Waals surface area (Å²) in [5.74, 6) is -1.18. The topological polar surface area (TPSA) is 128 Å². The summed E-state index contributed by atoms with van der Waals surface area (Å²) in [6, 6.07) is 3.76. The minimum Gasteiger partial charge on any atom is -0.507 e. The first-order chi connectivity index (χ1) is 14.5. The number of unbranched alkanes of at least 4 members (excludes halogenated alkanes) is 1. The molecule has 9 heteroatoms. The number of benzene rings is 1. The molecule has 0 aliphatic heterocycles. The van der Waals surface area contributed by atoms with Crippen LogP contribution < -0.4 is 10.6 Å². The predicted molar refractivity (Wildman–Crippen MR) is 117 cm³/mol. The molecule has 0 fully saturated rings. The summed E-state index contributed by atoms with van der Waals surface area (Å²) in [7, 11) is 0. The Morgan fingerprint density at radius 3 is 2.45 bits per heavy atom. The fourth-order valence-corrected chi connectivity index (χ4v) is 2.91. The van der Waals surface area contributed by atoms with E-state index in [-0.39, 0.29) is 17.9 Å². The fraction of sp³-hybridized carbons (Fsp3) is 0.591. The monoisotopic (exact) mass is 437 g/mol. The highest BCUT2D eigenvalue weighted by Gasteiger charge is 2.33. The molecule has 1 atom stereocenters. The van der Waals surface area contributed by atoms with Crippen molar-refractivity contribution in [3.63, 3.8) is 0 Å². The summed E-state index contributed by atoms with van der Waals surface area (Å²) < 4.78 is 5.13. The Morgan fingerprint density at radius 2 is 1.87 bits per heavy atom. The molecule has 1 aromatic carbocycles. The maximum atomic E-state index is 13.0. The lowest BCUT2D eigenvalue weighted by Crippen LogP contribution is -2.49. The van der Waals surface area contributed by atoms with Crippen molar-refractivity contribution in [3.05, 3.63) is 29.3 Å². The summed E-state index contributed by atoms with van der Waals surface area (Å²) in [4.78, 5) is 39.0. The second kappa shape index (κ2) is 12.1. The quantitative estimate of drug-likeness (QED) is 0.415. The molecule has 1 aromatic rings. The lowest BCUT2D eigenvalue weighted by Gasteiger charge is -2.31. The normalized spacial score (nSPS) is 12.1. The molecule has 1 unspecified atom stereocenters. The standard InChI is InChI=1S/C22H35N3O6/c1-6-7-11-23-20(29)18(16-10-8-9-15(2)19(16)28)25(12-13-26)17(27)14-24-21(30)31-22(3,4)5/h8-10,18,26,28H,6-7,11-14H2,1-5H3,(H,23,29)(H,24,30). The van der Waals surface area contributed by atoms with Gasteiger partial charge in [-0.05, 0) is 39.7 Å². The maximum Gasteiger partial charge on any atom is 0.408 e. The number of alkyl carbamates (subject to hydrolysis) is 1. The van der Waals surface area contributed by atoms with E-state index in [4.69, 9.17) is 4.74 Å². The van der Waals surface area contributed by atoms with E-state index in [0.717, 1.165) is 17.7 Å². The Bertz CT molecular complexity index is 760. The van der Waals surface area contributed by atoms with Crippen LogP contribution in [-0.2, 0) is 14.3 Å². The molecule has 0 saturated carbocycles. The van der Waals surface area contributed by atoms with Gasteiger partial charge in [0.05, 0.1) is 6.61 Å². The van der Waals surface area contributed by atoms with Gasteiger partial charge in [0, 0.05) is 18.7 Å². The van der Waals surface area contributed by atoms with Crippen molar-refractivity contribution < 1.29 is 29.3 Å². The summed E-state index contributed by atoms with van der Waals surface area (Å²) in [5.41, 5.74) is 0.0627.